The quantitative estimate of drug-likeness (QED) is 0.744. The van der Waals surface area contributed by atoms with Gasteiger partial charge in [0.05, 0.1) is 17.7 Å². The van der Waals surface area contributed by atoms with E-state index in [0.29, 0.717) is 25.4 Å². The van der Waals surface area contributed by atoms with Gasteiger partial charge in [0.1, 0.15) is 18.2 Å². The van der Waals surface area contributed by atoms with Crippen molar-refractivity contribution < 1.29 is 14.3 Å². The number of carbonyl (C=O) groups excluding carboxylic acids is 1. The number of thiazole rings is 1. The number of likely N-dealkylation sites (tertiary alicyclic amines) is 1. The van der Waals surface area contributed by atoms with E-state index in [9.17, 15) is 4.79 Å². The number of aliphatic hydroxyl groups excluding tert-OH is 1. The van der Waals surface area contributed by atoms with Crippen LogP contribution in [-0.2, 0) is 13.2 Å². The number of rotatable bonds is 5. The van der Waals surface area contributed by atoms with E-state index in [1.54, 1.807) is 23.5 Å². The number of carbonyl (C=O) groups is 1. The zero-order valence-electron chi connectivity index (χ0n) is 14.2. The first kappa shape index (κ1) is 17.0. The molecular formula is C18H20N4O3S. The van der Waals surface area contributed by atoms with Crippen molar-refractivity contribution in [1.29, 1.82) is 0 Å². The Hall–Kier alpha value is -2.45. The lowest BCUT2D eigenvalue weighted by Crippen LogP contribution is -2.39. The minimum atomic E-state index is -0.204. The minimum absolute atomic E-state index is 0.132. The monoisotopic (exact) mass is 372 g/mol. The number of aromatic nitrogens is 3. The zero-order valence-corrected chi connectivity index (χ0v) is 15.1. The fraction of sp³-hybridized carbons (Fsp3) is 0.389. The van der Waals surface area contributed by atoms with Gasteiger partial charge in [-0.15, -0.1) is 11.3 Å². The maximum atomic E-state index is 12.7. The maximum absolute atomic E-state index is 12.7. The number of hydrogen-bond donors (Lipinski definition) is 1. The number of hydrogen-bond acceptors (Lipinski definition) is 6. The van der Waals surface area contributed by atoms with Crippen molar-refractivity contribution in [3.63, 3.8) is 0 Å². The summed E-state index contributed by atoms with van der Waals surface area (Å²) in [6.07, 6.45) is 5.70. The Kier molecular flexibility index (Phi) is 4.85. The summed E-state index contributed by atoms with van der Waals surface area (Å²) >= 11 is 1.58. The fourth-order valence-corrected chi connectivity index (χ4v) is 3.96. The Morgan fingerprint density at radius 2 is 2.31 bits per heavy atom. The molecule has 8 heteroatoms. The second-order valence-corrected chi connectivity index (χ2v) is 7.13. The van der Waals surface area contributed by atoms with E-state index >= 15 is 0 Å². The lowest BCUT2D eigenvalue weighted by Gasteiger charge is -2.32. The van der Waals surface area contributed by atoms with Gasteiger partial charge in [0.15, 0.2) is 5.76 Å². The first-order chi connectivity index (χ1) is 12.7. The van der Waals surface area contributed by atoms with Crippen molar-refractivity contribution in [2.45, 2.75) is 31.9 Å². The highest BCUT2D eigenvalue weighted by molar-refractivity contribution is 7.07. The van der Waals surface area contributed by atoms with Crippen molar-refractivity contribution in [2.75, 3.05) is 13.1 Å². The highest BCUT2D eigenvalue weighted by Gasteiger charge is 2.29. The highest BCUT2D eigenvalue weighted by Crippen LogP contribution is 2.27. The molecule has 136 valence electrons. The van der Waals surface area contributed by atoms with Crippen LogP contribution in [0.2, 0.25) is 0 Å². The van der Waals surface area contributed by atoms with Crippen molar-refractivity contribution in [3.05, 3.63) is 58.5 Å². The van der Waals surface area contributed by atoms with E-state index in [4.69, 9.17) is 9.52 Å². The van der Waals surface area contributed by atoms with E-state index in [1.165, 1.54) is 0 Å². The average molecular weight is 372 g/mol. The third-order valence-corrected chi connectivity index (χ3v) is 5.30. The van der Waals surface area contributed by atoms with Gasteiger partial charge >= 0.3 is 0 Å². The Morgan fingerprint density at radius 1 is 1.38 bits per heavy atom. The predicted molar refractivity (Wildman–Crippen MR) is 96.0 cm³/mol. The standard InChI is InChI=1S/C18H20N4O3S/c23-10-15-3-4-16(25-15)18(24)22-6-1-2-13(8-22)17-19-5-7-21(17)9-14-11-26-12-20-14/h3-5,7,11-13,23H,1-2,6,8-10H2/t13-/m1/s1. The van der Waals surface area contributed by atoms with Crippen LogP contribution in [-0.4, -0.2) is 43.5 Å². The molecule has 1 amide bonds. The maximum Gasteiger partial charge on any atom is 0.289 e. The van der Waals surface area contributed by atoms with Gasteiger partial charge in [0, 0.05) is 36.8 Å². The largest absolute Gasteiger partial charge is 0.453 e. The van der Waals surface area contributed by atoms with Crippen molar-refractivity contribution in [2.24, 2.45) is 0 Å². The Balaban J connectivity index is 1.49. The van der Waals surface area contributed by atoms with Crippen LogP contribution in [0.1, 0.15) is 46.6 Å². The van der Waals surface area contributed by atoms with E-state index in [2.05, 4.69) is 14.5 Å². The van der Waals surface area contributed by atoms with Crippen molar-refractivity contribution in [3.8, 4) is 0 Å². The summed E-state index contributed by atoms with van der Waals surface area (Å²) in [4.78, 5) is 23.4. The SMILES string of the molecule is O=C(c1ccc(CO)o1)N1CCC[C@@H](c2nccn2Cc2cscn2)C1. The summed E-state index contributed by atoms with van der Waals surface area (Å²) in [6, 6.07) is 3.26. The molecule has 1 saturated heterocycles. The lowest BCUT2D eigenvalue weighted by molar-refractivity contribution is 0.0666. The van der Waals surface area contributed by atoms with E-state index in [-0.39, 0.29) is 24.2 Å². The molecule has 0 unspecified atom stereocenters. The molecule has 26 heavy (non-hydrogen) atoms. The summed E-state index contributed by atoms with van der Waals surface area (Å²) in [5, 5.41) is 11.1. The number of piperidine rings is 1. The molecule has 3 aromatic heterocycles. The predicted octanol–water partition coefficient (Wildman–Crippen LogP) is 2.49. The summed E-state index contributed by atoms with van der Waals surface area (Å²) in [5.74, 6) is 1.73. The third-order valence-electron chi connectivity index (χ3n) is 4.67. The summed E-state index contributed by atoms with van der Waals surface area (Å²) in [6.45, 7) is 1.81. The average Bonchev–Trinajstić information content (AvgIpc) is 3.43. The summed E-state index contributed by atoms with van der Waals surface area (Å²) in [7, 11) is 0. The molecule has 7 nitrogen and oxygen atoms in total. The zero-order chi connectivity index (χ0) is 17.9. The molecule has 0 bridgehead atoms. The molecule has 0 radical (unpaired) electrons. The van der Waals surface area contributed by atoms with Gasteiger partial charge in [0.25, 0.3) is 5.91 Å². The number of imidazole rings is 1. The third kappa shape index (κ3) is 3.42. The van der Waals surface area contributed by atoms with Crippen LogP contribution < -0.4 is 0 Å². The van der Waals surface area contributed by atoms with E-state index in [1.807, 2.05) is 28.2 Å². The number of aliphatic hydroxyl groups is 1. The second kappa shape index (κ2) is 7.43. The molecule has 0 spiro atoms. The van der Waals surface area contributed by atoms with Crippen LogP contribution in [0.4, 0.5) is 0 Å². The molecule has 1 fully saturated rings. The van der Waals surface area contributed by atoms with Crippen LogP contribution in [0.25, 0.3) is 0 Å². The molecule has 1 aliphatic heterocycles. The minimum Gasteiger partial charge on any atom is -0.453 e. The van der Waals surface area contributed by atoms with Gasteiger partial charge in [-0.25, -0.2) is 9.97 Å². The number of amides is 1. The normalized spacial score (nSPS) is 17.6. The first-order valence-electron chi connectivity index (χ1n) is 8.61. The highest BCUT2D eigenvalue weighted by atomic mass is 32.1. The van der Waals surface area contributed by atoms with Crippen molar-refractivity contribution in [1.82, 2.24) is 19.4 Å². The van der Waals surface area contributed by atoms with Crippen molar-refractivity contribution >= 4 is 17.2 Å². The van der Waals surface area contributed by atoms with Gasteiger partial charge in [0.2, 0.25) is 0 Å². The Morgan fingerprint density at radius 3 is 3.08 bits per heavy atom. The van der Waals surface area contributed by atoms with Crippen LogP contribution in [0.3, 0.4) is 0 Å². The molecule has 0 saturated carbocycles. The Bertz CT molecular complexity index is 871. The van der Waals surface area contributed by atoms with E-state index < -0.39 is 0 Å². The van der Waals surface area contributed by atoms with E-state index in [0.717, 1.165) is 24.4 Å². The summed E-state index contributed by atoms with van der Waals surface area (Å²) in [5.41, 5.74) is 2.85. The lowest BCUT2D eigenvalue weighted by atomic mass is 9.97. The molecule has 3 aromatic rings. The van der Waals surface area contributed by atoms with Crippen LogP contribution in [0.15, 0.2) is 39.8 Å². The topological polar surface area (TPSA) is 84.4 Å². The fourth-order valence-electron chi connectivity index (χ4n) is 3.41. The van der Waals surface area contributed by atoms with Gasteiger partial charge in [-0.1, -0.05) is 0 Å². The summed E-state index contributed by atoms with van der Waals surface area (Å²) < 4.78 is 7.51. The first-order valence-corrected chi connectivity index (χ1v) is 9.56. The van der Waals surface area contributed by atoms with Gasteiger partial charge in [-0.05, 0) is 25.0 Å². The molecule has 0 aliphatic carbocycles. The smallest absolute Gasteiger partial charge is 0.289 e. The molecule has 4 rings (SSSR count). The molecule has 1 N–H and O–H groups in total. The molecule has 0 aromatic carbocycles. The number of furan rings is 1. The molecular weight excluding hydrogens is 352 g/mol. The number of nitrogens with zero attached hydrogens (tertiary/aromatic N) is 4. The van der Waals surface area contributed by atoms with Gasteiger partial charge in [-0.2, -0.15) is 0 Å². The van der Waals surface area contributed by atoms with Gasteiger partial charge in [-0.3, -0.25) is 4.79 Å². The van der Waals surface area contributed by atoms with Crippen LogP contribution in [0, 0.1) is 0 Å². The second-order valence-electron chi connectivity index (χ2n) is 6.41. The van der Waals surface area contributed by atoms with Crippen LogP contribution in [0.5, 0.6) is 0 Å². The van der Waals surface area contributed by atoms with Crippen LogP contribution >= 0.6 is 11.3 Å². The van der Waals surface area contributed by atoms with Gasteiger partial charge < -0.3 is 19.0 Å². The Labute approximate surface area is 154 Å². The molecule has 4 heterocycles. The molecule has 1 aliphatic rings. The molecule has 1 atom stereocenters.